The minimum absolute atomic E-state index is 0.447. The van der Waals surface area contributed by atoms with E-state index in [2.05, 4.69) is 53.3 Å². The van der Waals surface area contributed by atoms with Crippen LogP contribution in [0.25, 0.3) is 0 Å². The van der Waals surface area contributed by atoms with Crippen LogP contribution in [0.5, 0.6) is 0 Å². The summed E-state index contributed by atoms with van der Waals surface area (Å²) in [5.74, 6) is 2.38. The van der Waals surface area contributed by atoms with Crippen LogP contribution in [0.4, 0.5) is 0 Å². The van der Waals surface area contributed by atoms with Crippen LogP contribution < -0.4 is 0 Å². The van der Waals surface area contributed by atoms with Crippen molar-refractivity contribution in [2.75, 3.05) is 0 Å². The van der Waals surface area contributed by atoms with E-state index in [9.17, 15) is 10.2 Å². The van der Waals surface area contributed by atoms with Crippen molar-refractivity contribution in [2.24, 2.45) is 28.6 Å². The van der Waals surface area contributed by atoms with E-state index in [-0.39, 0.29) is 0 Å². The Kier molecular flexibility index (Phi) is 7.40. The Morgan fingerprint density at radius 1 is 1.13 bits per heavy atom. The third-order valence-corrected chi connectivity index (χ3v) is 8.61. The molecule has 2 N–H and O–H groups in total. The predicted octanol–water partition coefficient (Wildman–Crippen LogP) is 6.98. The molecule has 3 aliphatic rings. The smallest absolute Gasteiger partial charge is 0.0809 e. The van der Waals surface area contributed by atoms with E-state index in [0.29, 0.717) is 35.2 Å². The lowest BCUT2D eigenvalue weighted by Gasteiger charge is -2.44. The van der Waals surface area contributed by atoms with Crippen LogP contribution >= 0.6 is 0 Å². The van der Waals surface area contributed by atoms with Gasteiger partial charge in [0.15, 0.2) is 0 Å². The topological polar surface area (TPSA) is 40.5 Å². The SMILES string of the molecule is C=C1[C@H](O)CC(=C/C=C2\CCC[C@@]3(C)C2CCC3[C@@H](C)CCCC(C)(C)C)C[C@H]1O. The molecule has 3 fully saturated rings. The van der Waals surface area contributed by atoms with E-state index in [1.54, 1.807) is 5.57 Å². The maximum atomic E-state index is 10.1. The van der Waals surface area contributed by atoms with E-state index < -0.39 is 12.2 Å². The third-order valence-electron chi connectivity index (χ3n) is 8.61. The fraction of sp³-hybridized carbons (Fsp3) is 0.786. The summed E-state index contributed by atoms with van der Waals surface area (Å²) in [6, 6.07) is 0. The maximum Gasteiger partial charge on any atom is 0.0809 e. The molecule has 3 saturated carbocycles. The predicted molar refractivity (Wildman–Crippen MR) is 127 cm³/mol. The first-order chi connectivity index (χ1) is 14.0. The van der Waals surface area contributed by atoms with Crippen molar-refractivity contribution in [1.82, 2.24) is 0 Å². The molecule has 0 aromatic carbocycles. The fourth-order valence-corrected chi connectivity index (χ4v) is 6.80. The van der Waals surface area contributed by atoms with Crippen molar-refractivity contribution in [3.63, 3.8) is 0 Å². The van der Waals surface area contributed by atoms with Crippen molar-refractivity contribution in [2.45, 2.75) is 111 Å². The molecule has 0 aromatic heterocycles. The molecule has 0 radical (unpaired) electrons. The van der Waals surface area contributed by atoms with Gasteiger partial charge in [-0.1, -0.05) is 77.3 Å². The van der Waals surface area contributed by atoms with E-state index in [4.69, 9.17) is 0 Å². The Balaban J connectivity index is 1.67. The van der Waals surface area contributed by atoms with Crippen molar-refractivity contribution in [3.05, 3.63) is 35.5 Å². The quantitative estimate of drug-likeness (QED) is 0.476. The Morgan fingerprint density at radius 3 is 2.43 bits per heavy atom. The van der Waals surface area contributed by atoms with Gasteiger partial charge < -0.3 is 10.2 Å². The van der Waals surface area contributed by atoms with Gasteiger partial charge >= 0.3 is 0 Å². The molecule has 0 aliphatic heterocycles. The highest BCUT2D eigenvalue weighted by Crippen LogP contribution is 2.60. The summed E-state index contributed by atoms with van der Waals surface area (Å²) >= 11 is 0. The molecular formula is C28H46O2. The minimum Gasteiger partial charge on any atom is -0.388 e. The molecule has 2 nitrogen and oxygen atoms in total. The molecule has 0 aromatic rings. The van der Waals surface area contributed by atoms with Crippen LogP contribution in [-0.4, -0.2) is 22.4 Å². The van der Waals surface area contributed by atoms with Crippen LogP contribution in [0, 0.1) is 28.6 Å². The molecule has 6 atom stereocenters. The Morgan fingerprint density at radius 2 is 1.80 bits per heavy atom. The van der Waals surface area contributed by atoms with E-state index in [0.717, 1.165) is 17.4 Å². The van der Waals surface area contributed by atoms with Crippen molar-refractivity contribution >= 4 is 0 Å². The van der Waals surface area contributed by atoms with Gasteiger partial charge in [-0.15, -0.1) is 0 Å². The first kappa shape index (κ1) is 23.8. The lowest BCUT2D eigenvalue weighted by atomic mass is 9.60. The molecular weight excluding hydrogens is 368 g/mol. The normalized spacial score (nSPS) is 37.4. The van der Waals surface area contributed by atoms with Crippen LogP contribution in [0.2, 0.25) is 0 Å². The maximum absolute atomic E-state index is 10.1. The average molecular weight is 415 g/mol. The molecule has 0 spiro atoms. The molecule has 3 rings (SSSR count). The summed E-state index contributed by atoms with van der Waals surface area (Å²) in [4.78, 5) is 0. The van der Waals surface area contributed by atoms with Crippen LogP contribution in [0.1, 0.15) is 98.8 Å². The number of aliphatic hydroxyl groups is 2. The molecule has 0 heterocycles. The summed E-state index contributed by atoms with van der Waals surface area (Å²) in [6.45, 7) is 16.0. The van der Waals surface area contributed by atoms with Gasteiger partial charge in [0.05, 0.1) is 12.2 Å². The van der Waals surface area contributed by atoms with E-state index in [1.807, 2.05) is 0 Å². The molecule has 0 bridgehead atoms. The number of allylic oxidation sites excluding steroid dienone is 3. The summed E-state index contributed by atoms with van der Waals surface area (Å²) in [5.41, 5.74) is 4.25. The molecule has 0 saturated heterocycles. The highest BCUT2D eigenvalue weighted by molar-refractivity contribution is 5.29. The molecule has 2 heteroatoms. The van der Waals surface area contributed by atoms with Gasteiger partial charge in [0.2, 0.25) is 0 Å². The largest absolute Gasteiger partial charge is 0.388 e. The van der Waals surface area contributed by atoms with Crippen molar-refractivity contribution in [1.29, 1.82) is 0 Å². The zero-order valence-corrected chi connectivity index (χ0v) is 20.2. The number of aliphatic hydroxyl groups excluding tert-OH is 2. The highest BCUT2D eigenvalue weighted by atomic mass is 16.3. The summed E-state index contributed by atoms with van der Waals surface area (Å²) in [6.07, 6.45) is 15.3. The van der Waals surface area contributed by atoms with Gasteiger partial charge in [-0.05, 0) is 85.5 Å². The Labute approximate surface area is 185 Å². The fourth-order valence-electron chi connectivity index (χ4n) is 6.80. The average Bonchev–Trinajstić information content (AvgIpc) is 3.00. The number of hydrogen-bond acceptors (Lipinski definition) is 2. The Bertz CT molecular complexity index is 663. The van der Waals surface area contributed by atoms with Gasteiger partial charge in [-0.3, -0.25) is 0 Å². The van der Waals surface area contributed by atoms with Crippen molar-refractivity contribution < 1.29 is 10.2 Å². The zero-order chi connectivity index (χ0) is 22.1. The minimum atomic E-state index is -0.597. The van der Waals surface area contributed by atoms with Gasteiger partial charge in [-0.25, -0.2) is 0 Å². The summed E-state index contributed by atoms with van der Waals surface area (Å²) in [7, 11) is 0. The van der Waals surface area contributed by atoms with Gasteiger partial charge in [-0.2, -0.15) is 0 Å². The highest BCUT2D eigenvalue weighted by Gasteiger charge is 2.50. The standard InChI is InChI=1S/C28H46O2/c1-19(9-7-15-27(3,4)5)23-13-14-24-22(10-8-16-28(23,24)6)12-11-21-17-25(29)20(2)26(30)18-21/h11-12,19,23-26,29-30H,2,7-10,13-18H2,1,3-6H3/b22-12+/t19-,23?,24?,25+,26+,28+/m0/s1. The summed E-state index contributed by atoms with van der Waals surface area (Å²) < 4.78 is 0. The van der Waals surface area contributed by atoms with E-state index >= 15 is 0 Å². The van der Waals surface area contributed by atoms with Crippen molar-refractivity contribution in [3.8, 4) is 0 Å². The first-order valence-corrected chi connectivity index (χ1v) is 12.4. The third kappa shape index (κ3) is 5.30. The second kappa shape index (κ2) is 9.33. The molecule has 0 amide bonds. The molecule has 3 aliphatic carbocycles. The van der Waals surface area contributed by atoms with E-state index in [1.165, 1.54) is 51.4 Å². The molecule has 170 valence electrons. The van der Waals surface area contributed by atoms with Gasteiger partial charge in [0.25, 0.3) is 0 Å². The number of fused-ring (bicyclic) bond motifs is 1. The number of rotatable bonds is 5. The van der Waals surface area contributed by atoms with Crippen LogP contribution in [0.3, 0.4) is 0 Å². The summed E-state index contributed by atoms with van der Waals surface area (Å²) in [5, 5.41) is 20.3. The van der Waals surface area contributed by atoms with Gasteiger partial charge in [0, 0.05) is 0 Å². The Hall–Kier alpha value is -0.860. The lowest BCUT2D eigenvalue weighted by Crippen LogP contribution is -2.36. The molecule has 30 heavy (non-hydrogen) atoms. The molecule has 2 unspecified atom stereocenters. The van der Waals surface area contributed by atoms with Crippen LogP contribution in [-0.2, 0) is 0 Å². The van der Waals surface area contributed by atoms with Gasteiger partial charge in [0.1, 0.15) is 0 Å². The monoisotopic (exact) mass is 414 g/mol. The second-order valence-corrected chi connectivity index (χ2v) is 12.1. The first-order valence-electron chi connectivity index (χ1n) is 12.4. The second-order valence-electron chi connectivity index (χ2n) is 12.1. The lowest BCUT2D eigenvalue weighted by molar-refractivity contribution is 0.0920. The zero-order valence-electron chi connectivity index (χ0n) is 20.2. The number of hydrogen-bond donors (Lipinski definition) is 2. The van der Waals surface area contributed by atoms with Crippen LogP contribution in [0.15, 0.2) is 35.5 Å².